The Hall–Kier alpha value is -2.87. The Balaban J connectivity index is 2.00. The van der Waals surface area contributed by atoms with Crippen molar-refractivity contribution in [2.75, 3.05) is 7.05 Å². The van der Waals surface area contributed by atoms with Crippen LogP contribution in [0.5, 0.6) is 0 Å². The molecule has 23 heavy (non-hydrogen) atoms. The van der Waals surface area contributed by atoms with Gasteiger partial charge in [-0.3, -0.25) is 4.79 Å². The van der Waals surface area contributed by atoms with Crippen LogP contribution in [0.4, 0.5) is 0 Å². The molecule has 0 aliphatic carbocycles. The van der Waals surface area contributed by atoms with Gasteiger partial charge in [-0.15, -0.1) is 0 Å². The van der Waals surface area contributed by atoms with Crippen LogP contribution in [-0.2, 0) is 0 Å². The van der Waals surface area contributed by atoms with Crippen LogP contribution >= 0.6 is 0 Å². The van der Waals surface area contributed by atoms with Crippen molar-refractivity contribution in [1.82, 2.24) is 4.90 Å². The third-order valence-electron chi connectivity index (χ3n) is 3.96. The van der Waals surface area contributed by atoms with Crippen molar-refractivity contribution in [3.63, 3.8) is 0 Å². The highest BCUT2D eigenvalue weighted by atomic mass is 16.2. The molecule has 0 bridgehead atoms. The molecule has 114 valence electrons. The van der Waals surface area contributed by atoms with Gasteiger partial charge in [-0.25, -0.2) is 0 Å². The van der Waals surface area contributed by atoms with Gasteiger partial charge in [-0.05, 0) is 23.3 Å². The third-order valence-corrected chi connectivity index (χ3v) is 3.96. The molecule has 0 aromatic heterocycles. The summed E-state index contributed by atoms with van der Waals surface area (Å²) in [6.07, 6.45) is 0. The van der Waals surface area contributed by atoms with Gasteiger partial charge < -0.3 is 4.90 Å². The zero-order valence-electron chi connectivity index (χ0n) is 13.1. The second kappa shape index (κ2) is 6.93. The van der Waals surface area contributed by atoms with E-state index in [2.05, 4.69) is 24.3 Å². The topological polar surface area (TPSA) is 20.3 Å². The van der Waals surface area contributed by atoms with Gasteiger partial charge >= 0.3 is 0 Å². The summed E-state index contributed by atoms with van der Waals surface area (Å²) in [5.41, 5.74) is 2.91. The highest BCUT2D eigenvalue weighted by Crippen LogP contribution is 2.28. The first-order chi connectivity index (χ1) is 11.3. The van der Waals surface area contributed by atoms with Crippen molar-refractivity contribution in [3.05, 3.63) is 108 Å². The van der Waals surface area contributed by atoms with Crippen LogP contribution in [0.25, 0.3) is 0 Å². The van der Waals surface area contributed by atoms with E-state index in [-0.39, 0.29) is 11.9 Å². The summed E-state index contributed by atoms with van der Waals surface area (Å²) in [4.78, 5) is 14.7. The van der Waals surface area contributed by atoms with Gasteiger partial charge in [0, 0.05) is 12.6 Å². The Morgan fingerprint density at radius 1 is 0.696 bits per heavy atom. The molecular formula is C21H19NO. The number of carbonyl (C=O) groups excluding carboxylic acids is 1. The first-order valence-corrected chi connectivity index (χ1v) is 7.69. The Labute approximate surface area is 137 Å². The number of rotatable bonds is 4. The molecule has 3 rings (SSSR count). The van der Waals surface area contributed by atoms with Crippen LogP contribution in [0.1, 0.15) is 27.5 Å². The van der Waals surface area contributed by atoms with Crippen molar-refractivity contribution in [2.24, 2.45) is 0 Å². The van der Waals surface area contributed by atoms with Crippen LogP contribution in [0.15, 0.2) is 91.0 Å². The minimum atomic E-state index is -0.106. The lowest BCUT2D eigenvalue weighted by Gasteiger charge is -2.29. The smallest absolute Gasteiger partial charge is 0.254 e. The first kappa shape index (κ1) is 15.0. The Morgan fingerprint density at radius 3 is 1.52 bits per heavy atom. The second-order valence-electron chi connectivity index (χ2n) is 5.51. The molecule has 0 radical (unpaired) electrons. The number of nitrogens with zero attached hydrogens (tertiary/aromatic N) is 1. The summed E-state index contributed by atoms with van der Waals surface area (Å²) in [6, 6.07) is 29.6. The average Bonchev–Trinajstić information content (AvgIpc) is 2.64. The normalized spacial score (nSPS) is 10.5. The number of benzene rings is 3. The van der Waals surface area contributed by atoms with Gasteiger partial charge in [0.05, 0.1) is 6.04 Å². The molecule has 0 unspecified atom stereocenters. The highest BCUT2D eigenvalue weighted by molar-refractivity contribution is 5.94. The summed E-state index contributed by atoms with van der Waals surface area (Å²) in [5, 5.41) is 0. The molecule has 0 spiro atoms. The van der Waals surface area contributed by atoms with Crippen molar-refractivity contribution in [2.45, 2.75) is 6.04 Å². The molecule has 0 saturated carbocycles. The molecule has 0 aliphatic heterocycles. The van der Waals surface area contributed by atoms with Crippen molar-refractivity contribution in [3.8, 4) is 0 Å². The van der Waals surface area contributed by atoms with Crippen molar-refractivity contribution < 1.29 is 4.79 Å². The van der Waals surface area contributed by atoms with E-state index in [1.807, 2.05) is 73.8 Å². The maximum absolute atomic E-state index is 12.9. The molecule has 1 amide bonds. The number of hydrogen-bond acceptors (Lipinski definition) is 1. The minimum absolute atomic E-state index is 0.0170. The summed E-state index contributed by atoms with van der Waals surface area (Å²) in [5.74, 6) is 0.0170. The molecule has 0 fully saturated rings. The standard InChI is InChI=1S/C21H19NO/c1-22(21(23)19-15-9-4-10-16-19)20(17-11-5-2-6-12-17)18-13-7-3-8-14-18/h2-16,20H,1H3. The van der Waals surface area contributed by atoms with Gasteiger partial charge in [0.25, 0.3) is 5.91 Å². The lowest BCUT2D eigenvalue weighted by atomic mass is 9.97. The maximum atomic E-state index is 12.9. The van der Waals surface area contributed by atoms with E-state index >= 15 is 0 Å². The first-order valence-electron chi connectivity index (χ1n) is 7.69. The number of hydrogen-bond donors (Lipinski definition) is 0. The van der Waals surface area contributed by atoms with Crippen molar-refractivity contribution in [1.29, 1.82) is 0 Å². The predicted molar refractivity (Wildman–Crippen MR) is 93.3 cm³/mol. The van der Waals surface area contributed by atoms with Crippen LogP contribution in [-0.4, -0.2) is 17.9 Å². The van der Waals surface area contributed by atoms with E-state index in [0.717, 1.165) is 11.1 Å². The molecule has 0 N–H and O–H groups in total. The Bertz CT molecular complexity index is 714. The molecule has 3 aromatic rings. The Kier molecular flexibility index (Phi) is 4.53. The van der Waals surface area contributed by atoms with Gasteiger partial charge in [-0.2, -0.15) is 0 Å². The molecule has 0 heterocycles. The molecule has 2 nitrogen and oxygen atoms in total. The predicted octanol–water partition coefficient (Wildman–Crippen LogP) is 4.55. The molecule has 0 atom stereocenters. The third kappa shape index (κ3) is 3.32. The fraction of sp³-hybridized carbons (Fsp3) is 0.0952. The maximum Gasteiger partial charge on any atom is 0.254 e. The van der Waals surface area contributed by atoms with E-state index in [1.54, 1.807) is 4.90 Å². The highest BCUT2D eigenvalue weighted by Gasteiger charge is 2.23. The largest absolute Gasteiger partial charge is 0.331 e. The van der Waals surface area contributed by atoms with Gasteiger partial charge in [0.2, 0.25) is 0 Å². The van der Waals surface area contributed by atoms with E-state index < -0.39 is 0 Å². The Morgan fingerprint density at radius 2 is 1.09 bits per heavy atom. The van der Waals surface area contributed by atoms with Crippen LogP contribution in [0, 0.1) is 0 Å². The summed E-state index contributed by atoms with van der Waals surface area (Å²) < 4.78 is 0. The number of carbonyl (C=O) groups is 1. The van der Waals surface area contributed by atoms with E-state index in [0.29, 0.717) is 5.56 Å². The summed E-state index contributed by atoms with van der Waals surface area (Å²) in [7, 11) is 1.86. The van der Waals surface area contributed by atoms with Crippen molar-refractivity contribution >= 4 is 5.91 Å². The van der Waals surface area contributed by atoms with E-state index in [9.17, 15) is 4.79 Å². The molecule has 0 saturated heterocycles. The lowest BCUT2D eigenvalue weighted by Crippen LogP contribution is -2.32. The van der Waals surface area contributed by atoms with Crippen LogP contribution in [0.2, 0.25) is 0 Å². The monoisotopic (exact) mass is 301 g/mol. The van der Waals surface area contributed by atoms with Crippen LogP contribution in [0.3, 0.4) is 0 Å². The van der Waals surface area contributed by atoms with Gasteiger partial charge in [0.1, 0.15) is 0 Å². The summed E-state index contributed by atoms with van der Waals surface area (Å²) in [6.45, 7) is 0. The SMILES string of the molecule is CN(C(=O)c1ccccc1)C(c1ccccc1)c1ccccc1. The molecule has 2 heteroatoms. The summed E-state index contributed by atoms with van der Waals surface area (Å²) >= 11 is 0. The second-order valence-corrected chi connectivity index (χ2v) is 5.51. The number of amides is 1. The zero-order chi connectivity index (χ0) is 16.1. The fourth-order valence-corrected chi connectivity index (χ4v) is 2.81. The molecule has 3 aromatic carbocycles. The molecular weight excluding hydrogens is 282 g/mol. The van der Waals surface area contributed by atoms with Gasteiger partial charge in [-0.1, -0.05) is 78.9 Å². The zero-order valence-corrected chi connectivity index (χ0v) is 13.1. The average molecular weight is 301 g/mol. The van der Waals surface area contributed by atoms with E-state index in [4.69, 9.17) is 0 Å². The molecule has 0 aliphatic rings. The lowest BCUT2D eigenvalue weighted by molar-refractivity contribution is 0.0755. The van der Waals surface area contributed by atoms with Gasteiger partial charge in [0.15, 0.2) is 0 Å². The van der Waals surface area contributed by atoms with Crippen LogP contribution < -0.4 is 0 Å². The minimum Gasteiger partial charge on any atom is -0.331 e. The fourth-order valence-electron chi connectivity index (χ4n) is 2.81. The van der Waals surface area contributed by atoms with E-state index in [1.165, 1.54) is 0 Å². The quantitative estimate of drug-likeness (QED) is 0.692.